The van der Waals surface area contributed by atoms with Gasteiger partial charge in [0.2, 0.25) is 5.91 Å². The van der Waals surface area contributed by atoms with Crippen LogP contribution in [0.1, 0.15) is 24.4 Å². The van der Waals surface area contributed by atoms with E-state index < -0.39 is 11.3 Å². The van der Waals surface area contributed by atoms with Gasteiger partial charge in [-0.1, -0.05) is 30.0 Å². The number of anilines is 2. The van der Waals surface area contributed by atoms with Gasteiger partial charge in [0.15, 0.2) is 0 Å². The maximum atomic E-state index is 13.3. The summed E-state index contributed by atoms with van der Waals surface area (Å²) in [6.45, 7) is 1.94. The molecular weight excluding hydrogens is 474 g/mol. The summed E-state index contributed by atoms with van der Waals surface area (Å²) in [5.41, 5.74) is 2.37. The third-order valence-corrected chi connectivity index (χ3v) is 8.19. The zero-order valence-corrected chi connectivity index (χ0v) is 20.7. The molecule has 0 bridgehead atoms. The highest BCUT2D eigenvalue weighted by atomic mass is 32.2. The van der Waals surface area contributed by atoms with E-state index in [-0.39, 0.29) is 18.0 Å². The molecule has 0 spiro atoms. The summed E-state index contributed by atoms with van der Waals surface area (Å²) >= 11 is 1.43. The van der Waals surface area contributed by atoms with Crippen LogP contribution in [0.25, 0.3) is 0 Å². The van der Waals surface area contributed by atoms with Gasteiger partial charge in [-0.3, -0.25) is 9.69 Å². The highest BCUT2D eigenvalue weighted by molar-refractivity contribution is 8.01. The number of nitrogens with one attached hydrogen (secondary N) is 2. The highest BCUT2D eigenvalue weighted by Crippen LogP contribution is 2.50. The minimum absolute atomic E-state index is 0.0420. The fraction of sp³-hybridized carbons (Fsp3) is 0.296. The van der Waals surface area contributed by atoms with Crippen LogP contribution in [0.2, 0.25) is 0 Å². The third-order valence-electron chi connectivity index (χ3n) is 6.90. The molecule has 184 valence electrons. The maximum Gasteiger partial charge on any atom is 0.327 e. The number of benzene rings is 2. The van der Waals surface area contributed by atoms with Gasteiger partial charge in [0.05, 0.1) is 17.4 Å². The average Bonchev–Trinajstić information content (AvgIpc) is 3.26. The zero-order valence-electron chi connectivity index (χ0n) is 19.9. The molecule has 1 aromatic heterocycles. The van der Waals surface area contributed by atoms with E-state index >= 15 is 0 Å². The van der Waals surface area contributed by atoms with E-state index in [1.807, 2.05) is 60.7 Å². The first-order valence-electron chi connectivity index (χ1n) is 12.1. The number of amides is 3. The van der Waals surface area contributed by atoms with Crippen LogP contribution in [0.4, 0.5) is 16.2 Å². The van der Waals surface area contributed by atoms with Crippen molar-refractivity contribution in [2.75, 3.05) is 25.0 Å². The molecule has 0 radical (unpaired) electrons. The molecule has 9 heteroatoms. The molecule has 1 fully saturated rings. The van der Waals surface area contributed by atoms with Crippen LogP contribution < -0.4 is 20.3 Å². The number of hydrogen-bond donors (Lipinski definition) is 2. The second-order valence-corrected chi connectivity index (χ2v) is 10.5. The number of urea groups is 1. The van der Waals surface area contributed by atoms with Gasteiger partial charge < -0.3 is 20.3 Å². The fourth-order valence-corrected chi connectivity index (χ4v) is 6.24. The van der Waals surface area contributed by atoms with E-state index in [0.29, 0.717) is 11.4 Å². The summed E-state index contributed by atoms with van der Waals surface area (Å²) in [5, 5.41) is 6.64. The van der Waals surface area contributed by atoms with Gasteiger partial charge in [-0.2, -0.15) is 0 Å². The summed E-state index contributed by atoms with van der Waals surface area (Å²) < 4.78 is 5.89. The zero-order chi connectivity index (χ0) is 24.6. The molecule has 36 heavy (non-hydrogen) atoms. The summed E-state index contributed by atoms with van der Waals surface area (Å²) in [4.78, 5) is 35.0. The predicted molar refractivity (Wildman–Crippen MR) is 139 cm³/mol. The number of piperidine rings is 1. The van der Waals surface area contributed by atoms with Gasteiger partial charge in [0.25, 0.3) is 0 Å². The lowest BCUT2D eigenvalue weighted by molar-refractivity contribution is -0.122. The van der Waals surface area contributed by atoms with Crippen molar-refractivity contribution in [3.05, 3.63) is 72.4 Å². The molecule has 3 aromatic rings. The van der Waals surface area contributed by atoms with Gasteiger partial charge in [-0.25, -0.2) is 9.78 Å². The molecule has 2 atom stereocenters. The summed E-state index contributed by atoms with van der Waals surface area (Å²) in [6.07, 6.45) is 3.57. The Morgan fingerprint density at radius 2 is 1.78 bits per heavy atom. The Morgan fingerprint density at radius 3 is 2.53 bits per heavy atom. The molecule has 4 heterocycles. The van der Waals surface area contributed by atoms with E-state index in [9.17, 15) is 9.59 Å². The van der Waals surface area contributed by atoms with Crippen molar-refractivity contribution in [1.82, 2.24) is 20.5 Å². The Labute approximate surface area is 214 Å². The number of thioether (sulfide) groups is 1. The molecular formula is C27H27N5O3S. The molecule has 0 aliphatic carbocycles. The molecule has 2 aromatic carbocycles. The largest absolute Gasteiger partial charge is 0.457 e. The van der Waals surface area contributed by atoms with Gasteiger partial charge >= 0.3 is 6.03 Å². The SMILES string of the molecule is CN1CCC(NC(=O)C2Sc3nccc4c3C2NC(=O)N4c2ccc(Oc3ccccc3)cc2)CC1. The van der Waals surface area contributed by atoms with Crippen LogP contribution in [0.5, 0.6) is 11.5 Å². The Morgan fingerprint density at radius 1 is 1.06 bits per heavy atom. The third kappa shape index (κ3) is 4.29. The van der Waals surface area contributed by atoms with Gasteiger partial charge in [0, 0.05) is 17.8 Å². The quantitative estimate of drug-likeness (QED) is 0.537. The second kappa shape index (κ2) is 9.48. The van der Waals surface area contributed by atoms with Crippen LogP contribution >= 0.6 is 11.8 Å². The lowest BCUT2D eigenvalue weighted by Crippen LogP contribution is -2.51. The smallest absolute Gasteiger partial charge is 0.327 e. The van der Waals surface area contributed by atoms with Gasteiger partial charge in [0.1, 0.15) is 21.8 Å². The van der Waals surface area contributed by atoms with Gasteiger partial charge in [-0.15, -0.1) is 0 Å². The predicted octanol–water partition coefficient (Wildman–Crippen LogP) is 4.46. The topological polar surface area (TPSA) is 86.8 Å². The van der Waals surface area contributed by atoms with Crippen LogP contribution in [-0.4, -0.2) is 53.3 Å². The highest BCUT2D eigenvalue weighted by Gasteiger charge is 2.46. The van der Waals surface area contributed by atoms with Crippen molar-refractivity contribution in [1.29, 1.82) is 0 Å². The monoisotopic (exact) mass is 501 g/mol. The number of carbonyl (C=O) groups excluding carboxylic acids is 2. The number of likely N-dealkylation sites (tertiary alicyclic amines) is 1. The second-order valence-electron chi connectivity index (χ2n) is 9.35. The molecule has 6 rings (SSSR count). The Bertz CT molecular complexity index is 1280. The summed E-state index contributed by atoms with van der Waals surface area (Å²) in [6, 6.07) is 18.3. The maximum absolute atomic E-state index is 13.3. The number of ether oxygens (including phenoxy) is 1. The Hall–Kier alpha value is -3.56. The van der Waals surface area contributed by atoms with Crippen LogP contribution in [0.15, 0.2) is 71.9 Å². The summed E-state index contributed by atoms with van der Waals surface area (Å²) in [7, 11) is 2.10. The number of carbonyl (C=O) groups is 2. The van der Waals surface area contributed by atoms with Crippen molar-refractivity contribution >= 4 is 35.1 Å². The number of para-hydroxylation sites is 1. The first-order valence-corrected chi connectivity index (χ1v) is 13.0. The minimum atomic E-state index is -0.443. The average molecular weight is 502 g/mol. The molecule has 8 nitrogen and oxygen atoms in total. The standard InChI is InChI=1S/C27H27N5O3S/c1-31-15-12-17(13-16-31)29-25(33)24-23-22-21(11-14-28-26(22)36-24)32(27(34)30-23)18-7-9-20(10-8-18)35-19-5-3-2-4-6-19/h2-11,14,17,23-24H,12-13,15-16H2,1H3,(H,29,33)(H,30,34). The number of aromatic nitrogens is 1. The van der Waals surface area contributed by atoms with Crippen LogP contribution in [0.3, 0.4) is 0 Å². The van der Waals surface area contributed by atoms with Crippen molar-refractivity contribution < 1.29 is 14.3 Å². The Balaban J connectivity index is 1.22. The van der Waals surface area contributed by atoms with Crippen molar-refractivity contribution in [3.8, 4) is 11.5 Å². The lowest BCUT2D eigenvalue weighted by atomic mass is 9.99. The molecule has 3 aliphatic rings. The number of nitrogens with zero attached hydrogens (tertiary/aromatic N) is 3. The molecule has 0 saturated carbocycles. The Kier molecular flexibility index (Phi) is 6.02. The number of hydrogen-bond acceptors (Lipinski definition) is 6. The van der Waals surface area contributed by atoms with E-state index in [1.165, 1.54) is 11.8 Å². The van der Waals surface area contributed by atoms with Crippen molar-refractivity contribution in [2.45, 2.75) is 35.2 Å². The van der Waals surface area contributed by atoms with Gasteiger partial charge in [-0.05, 0) is 75.4 Å². The molecule has 3 amide bonds. The minimum Gasteiger partial charge on any atom is -0.457 e. The van der Waals surface area contributed by atoms with E-state index in [2.05, 4.69) is 27.6 Å². The molecule has 1 saturated heterocycles. The van der Waals surface area contributed by atoms with E-state index in [1.54, 1.807) is 11.1 Å². The number of rotatable bonds is 5. The van der Waals surface area contributed by atoms with E-state index in [4.69, 9.17) is 4.74 Å². The van der Waals surface area contributed by atoms with Crippen molar-refractivity contribution in [2.24, 2.45) is 0 Å². The van der Waals surface area contributed by atoms with Crippen molar-refractivity contribution in [3.63, 3.8) is 0 Å². The normalized spacial score (nSPS) is 21.6. The first kappa shape index (κ1) is 22.9. The molecule has 3 aliphatic heterocycles. The number of pyridine rings is 1. The lowest BCUT2D eigenvalue weighted by Gasteiger charge is -2.35. The van der Waals surface area contributed by atoms with E-state index in [0.717, 1.165) is 48.0 Å². The molecule has 2 N–H and O–H groups in total. The van der Waals surface area contributed by atoms with Crippen LogP contribution in [-0.2, 0) is 4.79 Å². The first-order chi connectivity index (χ1) is 17.6. The molecule has 2 unspecified atom stereocenters. The fourth-order valence-electron chi connectivity index (χ4n) is 5.01. The summed E-state index contributed by atoms with van der Waals surface area (Å²) in [5.74, 6) is 1.39. The van der Waals surface area contributed by atoms with Crippen LogP contribution in [0, 0.1) is 0 Å².